The summed E-state index contributed by atoms with van der Waals surface area (Å²) in [7, 11) is -1.50. The van der Waals surface area contributed by atoms with Crippen molar-refractivity contribution in [2.45, 2.75) is 84.6 Å². The molecule has 174 valence electrons. The van der Waals surface area contributed by atoms with E-state index in [1.165, 1.54) is 17.2 Å². The highest BCUT2D eigenvalue weighted by Crippen LogP contribution is 2.54. The second-order valence-corrected chi connectivity index (χ2v) is 9.98. The van der Waals surface area contributed by atoms with Crippen LogP contribution in [0.25, 0.3) is 0 Å². The molecule has 3 heterocycles. The van der Waals surface area contributed by atoms with Gasteiger partial charge < -0.3 is 18.5 Å². The predicted octanol–water partition coefficient (Wildman–Crippen LogP) is 2.33. The van der Waals surface area contributed by atoms with Crippen molar-refractivity contribution in [1.29, 1.82) is 0 Å². The first-order valence-electron chi connectivity index (χ1n) is 10.6. The van der Waals surface area contributed by atoms with Crippen LogP contribution >= 0.6 is 8.53 Å². The Morgan fingerprint density at radius 2 is 2.06 bits per heavy atom. The number of H-pyrrole nitrogens is 1. The highest BCUT2D eigenvalue weighted by molar-refractivity contribution is 7.45. The lowest BCUT2D eigenvalue weighted by Crippen LogP contribution is -2.41. The van der Waals surface area contributed by atoms with Crippen LogP contribution in [0.15, 0.2) is 20.8 Å². The summed E-state index contributed by atoms with van der Waals surface area (Å²) in [5.74, 6) is 0. The first kappa shape index (κ1) is 24.1. The van der Waals surface area contributed by atoms with Crippen LogP contribution in [0.2, 0.25) is 0 Å². The molecule has 1 aromatic heterocycles. The molecule has 5 unspecified atom stereocenters. The van der Waals surface area contributed by atoms with E-state index in [0.29, 0.717) is 18.7 Å². The van der Waals surface area contributed by atoms with Gasteiger partial charge in [0.2, 0.25) is 0 Å². The highest BCUT2D eigenvalue weighted by Gasteiger charge is 2.62. The smallest absolute Gasteiger partial charge is 0.330 e. The Bertz CT molecular complexity index is 908. The molecule has 1 N–H and O–H groups in total. The first-order chi connectivity index (χ1) is 14.6. The minimum absolute atomic E-state index is 0.176. The van der Waals surface area contributed by atoms with Gasteiger partial charge in [0.1, 0.15) is 17.8 Å². The molecule has 5 atom stereocenters. The van der Waals surface area contributed by atoms with Crippen molar-refractivity contribution in [3.63, 3.8) is 0 Å². The zero-order valence-corrected chi connectivity index (χ0v) is 20.1. The summed E-state index contributed by atoms with van der Waals surface area (Å²) in [6.07, 6.45) is 1.25. The third kappa shape index (κ3) is 4.78. The number of hydrogen-bond donors (Lipinski definition) is 1. The Morgan fingerprint density at radius 1 is 1.39 bits per heavy atom. The van der Waals surface area contributed by atoms with Crippen LogP contribution in [0.5, 0.6) is 0 Å². The number of hydrogen-bond acceptors (Lipinski definition) is 8. The van der Waals surface area contributed by atoms with Crippen molar-refractivity contribution in [3.8, 4) is 0 Å². The van der Waals surface area contributed by atoms with Crippen molar-refractivity contribution in [2.75, 3.05) is 13.2 Å². The Hall–Kier alpha value is -1.58. The van der Waals surface area contributed by atoms with Crippen molar-refractivity contribution < 1.29 is 18.5 Å². The van der Waals surface area contributed by atoms with E-state index in [1.807, 2.05) is 13.8 Å². The monoisotopic (exact) mass is 456 g/mol. The van der Waals surface area contributed by atoms with Gasteiger partial charge in [0, 0.05) is 30.4 Å². The molecule has 2 fully saturated rings. The van der Waals surface area contributed by atoms with E-state index in [2.05, 4.69) is 42.3 Å². The van der Waals surface area contributed by atoms with Crippen LogP contribution in [0.1, 0.15) is 53.3 Å². The SMILES string of the molecule is CC/N=C/OP(OC1C2OCC1(C)OC2n1cc(C)c(=O)[nH]c1=O)N(C(C)C)C(C)C. The standard InChI is InChI=1S/C20H33N4O6P/c1-8-21-11-28-31(24(12(2)3)13(4)5)30-16-15-18(29-20(16,7)10-27-15)23-9-14(6)17(25)22-19(23)26/h9,11-13,15-16,18H,8,10H2,1-7H3,(H,22,25,26)/b21-11+. The molecule has 0 saturated carbocycles. The van der Waals surface area contributed by atoms with Gasteiger partial charge in [0.25, 0.3) is 5.56 Å². The number of nitrogens with one attached hydrogen (secondary N) is 1. The van der Waals surface area contributed by atoms with Crippen LogP contribution in [0, 0.1) is 6.92 Å². The summed E-state index contributed by atoms with van der Waals surface area (Å²) in [5, 5.41) is 0. The maximum atomic E-state index is 12.4. The van der Waals surface area contributed by atoms with E-state index >= 15 is 0 Å². The number of ether oxygens (including phenoxy) is 2. The first-order valence-corrected chi connectivity index (χ1v) is 11.7. The summed E-state index contributed by atoms with van der Waals surface area (Å²) >= 11 is 0. The van der Waals surface area contributed by atoms with Gasteiger partial charge in [0.15, 0.2) is 12.6 Å². The zero-order chi connectivity index (χ0) is 22.9. The molecule has 0 aliphatic carbocycles. The number of nitrogens with zero attached hydrogens (tertiary/aromatic N) is 3. The maximum Gasteiger partial charge on any atom is 0.330 e. The van der Waals surface area contributed by atoms with Crippen LogP contribution in [-0.4, -0.2) is 63.7 Å². The number of rotatable bonds is 9. The second-order valence-electron chi connectivity index (χ2n) is 8.62. The molecule has 3 rings (SSSR count). The molecular weight excluding hydrogens is 423 g/mol. The van der Waals surface area contributed by atoms with Gasteiger partial charge in [-0.15, -0.1) is 0 Å². The van der Waals surface area contributed by atoms with E-state index in [9.17, 15) is 9.59 Å². The van der Waals surface area contributed by atoms with Crippen molar-refractivity contribution in [3.05, 3.63) is 32.6 Å². The lowest BCUT2D eigenvalue weighted by Gasteiger charge is -2.36. The van der Waals surface area contributed by atoms with E-state index in [1.54, 1.807) is 6.92 Å². The highest BCUT2D eigenvalue weighted by atomic mass is 31.2. The molecule has 0 radical (unpaired) electrons. The van der Waals surface area contributed by atoms with Crippen molar-refractivity contribution in [1.82, 2.24) is 14.2 Å². The van der Waals surface area contributed by atoms with Crippen molar-refractivity contribution in [2.24, 2.45) is 4.99 Å². The average Bonchev–Trinajstić information content (AvgIpc) is 3.13. The molecular formula is C20H33N4O6P. The minimum atomic E-state index is -1.50. The second kappa shape index (κ2) is 9.50. The fraction of sp³-hybridized carbons (Fsp3) is 0.750. The lowest BCUT2D eigenvalue weighted by atomic mass is 10.0. The lowest BCUT2D eigenvalue weighted by molar-refractivity contribution is -0.167. The number of aromatic nitrogens is 2. The number of aliphatic imine (C=N–C) groups is 1. The summed E-state index contributed by atoms with van der Waals surface area (Å²) in [6, 6.07) is 0.352. The number of aromatic amines is 1. The van der Waals surface area contributed by atoms with E-state index in [-0.39, 0.29) is 12.1 Å². The van der Waals surface area contributed by atoms with Crippen LogP contribution in [-0.2, 0) is 18.5 Å². The number of fused-ring (bicyclic) bond motifs is 2. The Kier molecular flexibility index (Phi) is 7.38. The molecule has 2 bridgehead atoms. The molecule has 0 amide bonds. The molecule has 1 aromatic rings. The molecule has 0 spiro atoms. The molecule has 10 nitrogen and oxygen atoms in total. The maximum absolute atomic E-state index is 12.4. The summed E-state index contributed by atoms with van der Waals surface area (Å²) in [6.45, 7) is 14.8. The fourth-order valence-corrected chi connectivity index (χ4v) is 5.67. The van der Waals surface area contributed by atoms with Gasteiger partial charge in [-0.05, 0) is 48.5 Å². The summed E-state index contributed by atoms with van der Waals surface area (Å²) < 4.78 is 28.2. The van der Waals surface area contributed by atoms with E-state index in [4.69, 9.17) is 18.5 Å². The third-order valence-electron chi connectivity index (χ3n) is 5.40. The normalized spacial score (nSPS) is 29.0. The average molecular weight is 456 g/mol. The fourth-order valence-electron chi connectivity index (χ4n) is 3.97. The number of aryl methyl sites for hydroxylation is 1. The van der Waals surface area contributed by atoms with Gasteiger partial charge in [-0.3, -0.25) is 19.3 Å². The molecule has 0 aromatic carbocycles. The Balaban J connectivity index is 1.90. The van der Waals surface area contributed by atoms with Crippen LogP contribution < -0.4 is 11.2 Å². The summed E-state index contributed by atoms with van der Waals surface area (Å²) in [5.41, 5.74) is -1.30. The van der Waals surface area contributed by atoms with Crippen molar-refractivity contribution >= 4 is 14.9 Å². The predicted molar refractivity (Wildman–Crippen MR) is 118 cm³/mol. The topological polar surface area (TPSA) is 107 Å². The Labute approximate surface area is 183 Å². The van der Waals surface area contributed by atoms with Gasteiger partial charge in [-0.1, -0.05) is 0 Å². The minimum Gasteiger partial charge on any atom is -0.425 e. The van der Waals surface area contributed by atoms with Gasteiger partial charge >= 0.3 is 14.2 Å². The quantitative estimate of drug-likeness (QED) is 0.345. The van der Waals surface area contributed by atoms with Gasteiger partial charge in [-0.25, -0.2) is 9.46 Å². The third-order valence-corrected chi connectivity index (χ3v) is 7.38. The summed E-state index contributed by atoms with van der Waals surface area (Å²) in [4.78, 5) is 30.7. The zero-order valence-electron chi connectivity index (χ0n) is 19.2. The van der Waals surface area contributed by atoms with E-state index in [0.717, 1.165) is 0 Å². The van der Waals surface area contributed by atoms with E-state index < -0.39 is 43.8 Å². The molecule has 31 heavy (non-hydrogen) atoms. The van der Waals surface area contributed by atoms with Gasteiger partial charge in [-0.2, -0.15) is 0 Å². The molecule has 2 saturated heterocycles. The molecule has 11 heteroatoms. The van der Waals surface area contributed by atoms with Crippen LogP contribution in [0.3, 0.4) is 0 Å². The van der Waals surface area contributed by atoms with Crippen LogP contribution in [0.4, 0.5) is 0 Å². The largest absolute Gasteiger partial charge is 0.425 e. The van der Waals surface area contributed by atoms with Gasteiger partial charge in [0.05, 0.1) is 6.61 Å². The molecule has 2 aliphatic heterocycles. The molecule has 2 aliphatic rings. The Morgan fingerprint density at radius 3 is 2.68 bits per heavy atom.